The van der Waals surface area contributed by atoms with Crippen LogP contribution < -0.4 is 11.2 Å². The molecule has 172 valence electrons. The summed E-state index contributed by atoms with van der Waals surface area (Å²) in [6.07, 6.45) is 2.37. The Balaban J connectivity index is 1.51. The van der Waals surface area contributed by atoms with Crippen LogP contribution in [0.25, 0.3) is 33.7 Å². The van der Waals surface area contributed by atoms with Gasteiger partial charge in [0.1, 0.15) is 0 Å². The number of aryl methyl sites for hydroxylation is 1. The number of aliphatic hydroxyl groups is 1. The Morgan fingerprint density at radius 2 is 1.38 bits per heavy atom. The highest BCUT2D eigenvalue weighted by molar-refractivity contribution is 5.78. The van der Waals surface area contributed by atoms with Gasteiger partial charge in [0, 0.05) is 25.2 Å². The molecule has 0 radical (unpaired) electrons. The first-order valence-corrected chi connectivity index (χ1v) is 10.9. The zero-order valence-electron chi connectivity index (χ0n) is 18.9. The summed E-state index contributed by atoms with van der Waals surface area (Å²) in [5.41, 5.74) is 3.39. The second-order valence-electron chi connectivity index (χ2n) is 8.25. The van der Waals surface area contributed by atoms with Crippen molar-refractivity contribution in [1.82, 2.24) is 28.2 Å². The van der Waals surface area contributed by atoms with Gasteiger partial charge < -0.3 is 14.2 Å². The fourth-order valence-electron chi connectivity index (χ4n) is 4.27. The van der Waals surface area contributed by atoms with Crippen LogP contribution in [0.3, 0.4) is 0 Å². The molecule has 1 unspecified atom stereocenters. The number of hydrogen-bond acceptors (Lipinski definition) is 5. The second kappa shape index (κ2) is 8.60. The number of rotatable bonds is 6. The first-order valence-electron chi connectivity index (χ1n) is 10.9. The molecule has 0 bridgehead atoms. The zero-order chi connectivity index (χ0) is 23.8. The number of aromatic nitrogens is 6. The van der Waals surface area contributed by atoms with Crippen LogP contribution in [-0.2, 0) is 27.2 Å². The van der Waals surface area contributed by atoms with Gasteiger partial charge in [0.05, 0.1) is 43.2 Å². The van der Waals surface area contributed by atoms with Crippen LogP contribution in [0, 0.1) is 0 Å². The summed E-state index contributed by atoms with van der Waals surface area (Å²) < 4.78 is 5.89. The molecule has 0 fully saturated rings. The van der Waals surface area contributed by atoms with Crippen molar-refractivity contribution in [2.24, 2.45) is 14.1 Å². The Bertz CT molecular complexity index is 1580. The topological polar surface area (TPSA) is 99.9 Å². The summed E-state index contributed by atoms with van der Waals surface area (Å²) >= 11 is 0. The van der Waals surface area contributed by atoms with E-state index in [1.807, 2.05) is 65.2 Å². The minimum absolute atomic E-state index is 0.136. The molecular weight excluding hydrogens is 432 g/mol. The minimum atomic E-state index is -0.834. The third-order valence-electron chi connectivity index (χ3n) is 5.96. The van der Waals surface area contributed by atoms with Crippen LogP contribution in [-0.4, -0.2) is 39.4 Å². The van der Waals surface area contributed by atoms with E-state index in [4.69, 9.17) is 0 Å². The Morgan fingerprint density at radius 3 is 2.06 bits per heavy atom. The monoisotopic (exact) mass is 456 g/mol. The first-order chi connectivity index (χ1) is 16.5. The van der Waals surface area contributed by atoms with Crippen molar-refractivity contribution in [3.8, 4) is 22.5 Å². The third kappa shape index (κ3) is 3.65. The highest BCUT2D eigenvalue weighted by atomic mass is 16.3. The molecule has 0 amide bonds. The summed E-state index contributed by atoms with van der Waals surface area (Å²) in [6.45, 7) is 0.396. The summed E-state index contributed by atoms with van der Waals surface area (Å²) in [7, 11) is 3.00. The van der Waals surface area contributed by atoms with Gasteiger partial charge in [-0.05, 0) is 0 Å². The Hall–Kier alpha value is -4.24. The van der Waals surface area contributed by atoms with E-state index in [0.29, 0.717) is 5.65 Å². The molecule has 9 nitrogen and oxygen atoms in total. The maximum atomic E-state index is 12.7. The molecule has 0 aliphatic carbocycles. The van der Waals surface area contributed by atoms with Crippen LogP contribution >= 0.6 is 0 Å². The molecule has 3 aromatic heterocycles. The lowest BCUT2D eigenvalue weighted by atomic mass is 10.0. The minimum Gasteiger partial charge on any atom is -0.389 e. The number of imidazole rings is 2. The van der Waals surface area contributed by atoms with Gasteiger partial charge >= 0.3 is 5.69 Å². The molecule has 0 spiro atoms. The highest BCUT2D eigenvalue weighted by Crippen LogP contribution is 2.31. The molecule has 1 N–H and O–H groups in total. The van der Waals surface area contributed by atoms with Crippen molar-refractivity contribution < 1.29 is 5.11 Å². The smallest absolute Gasteiger partial charge is 0.332 e. The molecular formula is C25H24N6O3. The van der Waals surface area contributed by atoms with E-state index in [1.165, 1.54) is 17.9 Å². The van der Waals surface area contributed by atoms with Gasteiger partial charge in [-0.25, -0.2) is 14.8 Å². The largest absolute Gasteiger partial charge is 0.389 e. The van der Waals surface area contributed by atoms with E-state index in [9.17, 15) is 14.7 Å². The quantitative estimate of drug-likeness (QED) is 0.421. The van der Waals surface area contributed by atoms with Crippen molar-refractivity contribution in [2.75, 3.05) is 0 Å². The number of benzene rings is 2. The Morgan fingerprint density at radius 1 is 0.794 bits per heavy atom. The molecule has 9 heteroatoms. The third-order valence-corrected chi connectivity index (χ3v) is 5.96. The molecule has 5 rings (SSSR count). The molecule has 5 aromatic rings. The number of aliphatic hydroxyl groups excluding tert-OH is 1. The fraction of sp³-hybridized carbons (Fsp3) is 0.200. The zero-order valence-corrected chi connectivity index (χ0v) is 18.9. The standard InChI is InChI=1S/C25H24N6O3/c1-28-23-22(24(33)29(2)25(28)34)31(16-27-23)14-19(32)13-30-15-26-20(17-9-5-3-6-10-17)21(30)18-11-7-4-8-12-18/h3-12,15-16,19,32H,13-14H2,1-2H3. The second-order valence-corrected chi connectivity index (χ2v) is 8.25. The van der Waals surface area contributed by atoms with Crippen LogP contribution in [0.1, 0.15) is 0 Å². The molecule has 3 heterocycles. The lowest BCUT2D eigenvalue weighted by Crippen LogP contribution is -2.38. The summed E-state index contributed by atoms with van der Waals surface area (Å²) in [4.78, 5) is 33.8. The van der Waals surface area contributed by atoms with Gasteiger partial charge in [-0.3, -0.25) is 13.9 Å². The van der Waals surface area contributed by atoms with E-state index >= 15 is 0 Å². The molecule has 0 aliphatic heterocycles. The molecule has 0 saturated heterocycles. The van der Waals surface area contributed by atoms with E-state index < -0.39 is 17.4 Å². The SMILES string of the molecule is Cn1c(=O)c2c(ncn2CC(O)Cn2cnc(-c3ccccc3)c2-c2ccccc2)n(C)c1=O. The Kier molecular flexibility index (Phi) is 5.46. The van der Waals surface area contributed by atoms with Gasteiger partial charge in [0.2, 0.25) is 0 Å². The van der Waals surface area contributed by atoms with Gasteiger partial charge in [-0.15, -0.1) is 0 Å². The maximum Gasteiger partial charge on any atom is 0.332 e. The lowest BCUT2D eigenvalue weighted by Gasteiger charge is -2.16. The Labute approximate surface area is 194 Å². The van der Waals surface area contributed by atoms with Crippen molar-refractivity contribution in [2.45, 2.75) is 19.2 Å². The fourth-order valence-corrected chi connectivity index (χ4v) is 4.27. The number of fused-ring (bicyclic) bond motifs is 1. The van der Waals surface area contributed by atoms with Crippen molar-refractivity contribution in [1.29, 1.82) is 0 Å². The van der Waals surface area contributed by atoms with Crippen molar-refractivity contribution in [3.05, 3.63) is 94.2 Å². The van der Waals surface area contributed by atoms with E-state index in [-0.39, 0.29) is 18.6 Å². The number of nitrogens with zero attached hydrogens (tertiary/aromatic N) is 6. The predicted octanol–water partition coefficient (Wildman–Crippen LogP) is 2.03. The summed E-state index contributed by atoms with van der Waals surface area (Å²) in [5.74, 6) is 0. The van der Waals surface area contributed by atoms with Crippen LogP contribution in [0.15, 0.2) is 82.9 Å². The average Bonchev–Trinajstić information content (AvgIpc) is 3.47. The van der Waals surface area contributed by atoms with E-state index in [0.717, 1.165) is 27.1 Å². The van der Waals surface area contributed by atoms with Crippen molar-refractivity contribution >= 4 is 11.2 Å². The molecule has 0 saturated carbocycles. The summed E-state index contributed by atoms with van der Waals surface area (Å²) in [6, 6.07) is 19.8. The van der Waals surface area contributed by atoms with E-state index in [2.05, 4.69) is 9.97 Å². The van der Waals surface area contributed by atoms with Gasteiger partial charge in [-0.1, -0.05) is 60.7 Å². The normalized spacial score (nSPS) is 12.3. The molecule has 34 heavy (non-hydrogen) atoms. The molecule has 1 atom stereocenters. The molecule has 2 aromatic carbocycles. The van der Waals surface area contributed by atoms with Gasteiger partial charge in [0.15, 0.2) is 11.2 Å². The van der Waals surface area contributed by atoms with Gasteiger partial charge in [0.25, 0.3) is 5.56 Å². The van der Waals surface area contributed by atoms with Crippen molar-refractivity contribution in [3.63, 3.8) is 0 Å². The maximum absolute atomic E-state index is 12.7. The van der Waals surface area contributed by atoms with Gasteiger partial charge in [-0.2, -0.15) is 0 Å². The van der Waals surface area contributed by atoms with Crippen LogP contribution in [0.5, 0.6) is 0 Å². The average molecular weight is 457 g/mol. The molecule has 0 aliphatic rings. The lowest BCUT2D eigenvalue weighted by molar-refractivity contribution is 0.136. The number of hydrogen-bond donors (Lipinski definition) is 1. The summed E-state index contributed by atoms with van der Waals surface area (Å²) in [5, 5.41) is 11.0. The predicted molar refractivity (Wildman–Crippen MR) is 129 cm³/mol. The van der Waals surface area contributed by atoms with E-state index in [1.54, 1.807) is 17.9 Å². The van der Waals surface area contributed by atoms with Crippen LogP contribution in [0.2, 0.25) is 0 Å². The highest BCUT2D eigenvalue weighted by Gasteiger charge is 2.19. The first kappa shape index (κ1) is 21.6. The van der Waals surface area contributed by atoms with Crippen LogP contribution in [0.4, 0.5) is 0 Å².